The van der Waals surface area contributed by atoms with Gasteiger partial charge in [-0.15, -0.1) is 0 Å². The van der Waals surface area contributed by atoms with E-state index < -0.39 is 0 Å². The van der Waals surface area contributed by atoms with Crippen LogP contribution < -0.4 is 0 Å². The Kier molecular flexibility index (Phi) is 4.12. The van der Waals surface area contributed by atoms with Crippen molar-refractivity contribution in [3.8, 4) is 0 Å². The van der Waals surface area contributed by atoms with Crippen molar-refractivity contribution < 1.29 is 0 Å². The summed E-state index contributed by atoms with van der Waals surface area (Å²) in [6.07, 6.45) is 5.50. The molecular formula is C9H16. The van der Waals surface area contributed by atoms with Gasteiger partial charge >= 0.3 is 0 Å². The summed E-state index contributed by atoms with van der Waals surface area (Å²) in [5.74, 6) is 0. The van der Waals surface area contributed by atoms with E-state index in [1.54, 1.807) is 0 Å². The van der Waals surface area contributed by atoms with Gasteiger partial charge in [0.05, 0.1) is 0 Å². The molecule has 0 fully saturated rings. The van der Waals surface area contributed by atoms with Crippen molar-refractivity contribution in [2.24, 2.45) is 0 Å². The van der Waals surface area contributed by atoms with Crippen molar-refractivity contribution in [1.29, 1.82) is 0 Å². The SMILES string of the molecule is C/C=C(/C)C=C(C)CC. The van der Waals surface area contributed by atoms with Crippen LogP contribution in [-0.4, -0.2) is 0 Å². The molecule has 0 amide bonds. The third kappa shape index (κ3) is 4.01. The van der Waals surface area contributed by atoms with Gasteiger partial charge in [0.1, 0.15) is 0 Å². The molecule has 0 unspecified atom stereocenters. The molecular weight excluding hydrogens is 108 g/mol. The molecule has 0 atom stereocenters. The van der Waals surface area contributed by atoms with Crippen LogP contribution in [0.25, 0.3) is 0 Å². The second kappa shape index (κ2) is 4.37. The van der Waals surface area contributed by atoms with E-state index >= 15 is 0 Å². The first-order chi connectivity index (χ1) is 4.20. The molecule has 0 heteroatoms. The highest BCUT2D eigenvalue weighted by Gasteiger charge is 1.82. The summed E-state index contributed by atoms with van der Waals surface area (Å²) in [6.45, 7) is 8.52. The highest BCUT2D eigenvalue weighted by molar-refractivity contribution is 5.19. The molecule has 52 valence electrons. The summed E-state index contributed by atoms with van der Waals surface area (Å²) in [6, 6.07) is 0. The largest absolute Gasteiger partial charge is 0.0847 e. The maximum Gasteiger partial charge on any atom is -0.0348 e. The molecule has 0 aromatic carbocycles. The van der Waals surface area contributed by atoms with Crippen molar-refractivity contribution in [2.45, 2.75) is 34.1 Å². The molecule has 0 saturated carbocycles. The van der Waals surface area contributed by atoms with Gasteiger partial charge in [-0.2, -0.15) is 0 Å². The molecule has 0 spiro atoms. The van der Waals surface area contributed by atoms with Crippen LogP contribution in [0.1, 0.15) is 34.1 Å². The lowest BCUT2D eigenvalue weighted by Crippen LogP contribution is -1.72. The van der Waals surface area contributed by atoms with E-state index in [1.165, 1.54) is 11.1 Å². The third-order valence-corrected chi connectivity index (χ3v) is 1.49. The zero-order valence-corrected chi connectivity index (χ0v) is 6.86. The predicted octanol–water partition coefficient (Wildman–Crippen LogP) is 3.31. The van der Waals surface area contributed by atoms with Crippen LogP contribution in [0, 0.1) is 0 Å². The van der Waals surface area contributed by atoms with E-state index in [-0.39, 0.29) is 0 Å². The zero-order valence-electron chi connectivity index (χ0n) is 6.86. The number of hydrogen-bond acceptors (Lipinski definition) is 0. The number of hydrogen-bond donors (Lipinski definition) is 0. The predicted molar refractivity (Wildman–Crippen MR) is 43.5 cm³/mol. The highest BCUT2D eigenvalue weighted by atomic mass is 13.9. The fourth-order valence-electron chi connectivity index (χ4n) is 0.574. The van der Waals surface area contributed by atoms with Crippen LogP contribution in [0.2, 0.25) is 0 Å². The Morgan fingerprint density at radius 2 is 1.89 bits per heavy atom. The van der Waals surface area contributed by atoms with Gasteiger partial charge in [0.15, 0.2) is 0 Å². The molecule has 0 aromatic rings. The van der Waals surface area contributed by atoms with Gasteiger partial charge in [-0.25, -0.2) is 0 Å². The van der Waals surface area contributed by atoms with Gasteiger partial charge in [-0.1, -0.05) is 30.2 Å². The van der Waals surface area contributed by atoms with Crippen molar-refractivity contribution in [3.05, 3.63) is 23.3 Å². The second-order valence-corrected chi connectivity index (χ2v) is 2.38. The second-order valence-electron chi connectivity index (χ2n) is 2.38. The first-order valence-corrected chi connectivity index (χ1v) is 3.50. The van der Waals surface area contributed by atoms with E-state index in [2.05, 4.69) is 39.8 Å². The lowest BCUT2D eigenvalue weighted by Gasteiger charge is -1.93. The molecule has 0 aliphatic carbocycles. The quantitative estimate of drug-likeness (QED) is 0.495. The monoisotopic (exact) mass is 124 g/mol. The molecule has 0 aliphatic heterocycles. The Hall–Kier alpha value is -0.520. The standard InChI is InChI=1S/C9H16/c1-5-8(3)7-9(4)6-2/h5,7H,6H2,1-4H3/b8-5-,9-7?. The molecule has 0 saturated heterocycles. The van der Waals surface area contributed by atoms with Crippen LogP contribution >= 0.6 is 0 Å². The summed E-state index contributed by atoms with van der Waals surface area (Å²) >= 11 is 0. The summed E-state index contributed by atoms with van der Waals surface area (Å²) in [4.78, 5) is 0. The summed E-state index contributed by atoms with van der Waals surface area (Å²) in [7, 11) is 0. The van der Waals surface area contributed by atoms with Crippen molar-refractivity contribution >= 4 is 0 Å². The Morgan fingerprint density at radius 3 is 2.22 bits per heavy atom. The van der Waals surface area contributed by atoms with Crippen molar-refractivity contribution in [2.75, 3.05) is 0 Å². The molecule has 0 aromatic heterocycles. The van der Waals surface area contributed by atoms with Crippen molar-refractivity contribution in [1.82, 2.24) is 0 Å². The molecule has 0 N–H and O–H groups in total. The van der Waals surface area contributed by atoms with Gasteiger partial charge < -0.3 is 0 Å². The van der Waals surface area contributed by atoms with Crippen LogP contribution in [0.5, 0.6) is 0 Å². The molecule has 9 heavy (non-hydrogen) atoms. The summed E-state index contributed by atoms with van der Waals surface area (Å²) in [5.41, 5.74) is 2.81. The van der Waals surface area contributed by atoms with Gasteiger partial charge in [0.25, 0.3) is 0 Å². The maximum atomic E-state index is 2.22. The first kappa shape index (κ1) is 8.48. The van der Waals surface area contributed by atoms with E-state index in [9.17, 15) is 0 Å². The summed E-state index contributed by atoms with van der Waals surface area (Å²) in [5, 5.41) is 0. The van der Waals surface area contributed by atoms with Crippen LogP contribution in [-0.2, 0) is 0 Å². The minimum Gasteiger partial charge on any atom is -0.0847 e. The highest BCUT2D eigenvalue weighted by Crippen LogP contribution is 2.03. The number of rotatable bonds is 2. The van der Waals surface area contributed by atoms with Gasteiger partial charge in [0.2, 0.25) is 0 Å². The van der Waals surface area contributed by atoms with Gasteiger partial charge in [0, 0.05) is 0 Å². The lowest BCUT2D eigenvalue weighted by atomic mass is 10.1. The molecule has 0 heterocycles. The topological polar surface area (TPSA) is 0 Å². The average molecular weight is 124 g/mol. The fraction of sp³-hybridized carbons (Fsp3) is 0.556. The maximum absolute atomic E-state index is 2.22. The third-order valence-electron chi connectivity index (χ3n) is 1.49. The van der Waals surface area contributed by atoms with E-state index in [4.69, 9.17) is 0 Å². The number of allylic oxidation sites excluding steroid dienone is 4. The minimum atomic E-state index is 1.16. The van der Waals surface area contributed by atoms with E-state index in [0.29, 0.717) is 0 Å². The van der Waals surface area contributed by atoms with Crippen molar-refractivity contribution in [3.63, 3.8) is 0 Å². The Balaban J connectivity index is 3.95. The normalized spacial score (nSPS) is 14.2. The molecule has 0 aliphatic rings. The Bertz CT molecular complexity index is 127. The van der Waals surface area contributed by atoms with E-state index in [1.807, 2.05) is 0 Å². The molecule has 0 rings (SSSR count). The molecule has 0 bridgehead atoms. The smallest absolute Gasteiger partial charge is 0.0348 e. The van der Waals surface area contributed by atoms with Crippen LogP contribution in [0.4, 0.5) is 0 Å². The van der Waals surface area contributed by atoms with E-state index in [0.717, 1.165) is 6.42 Å². The van der Waals surface area contributed by atoms with Gasteiger partial charge in [-0.3, -0.25) is 0 Å². The fourth-order valence-corrected chi connectivity index (χ4v) is 0.574. The Morgan fingerprint density at radius 1 is 1.33 bits per heavy atom. The molecule has 0 nitrogen and oxygen atoms in total. The first-order valence-electron chi connectivity index (χ1n) is 3.50. The lowest BCUT2D eigenvalue weighted by molar-refractivity contribution is 1.09. The van der Waals surface area contributed by atoms with Gasteiger partial charge in [-0.05, 0) is 27.2 Å². The van der Waals surface area contributed by atoms with Crippen LogP contribution in [0.15, 0.2) is 23.3 Å². The minimum absolute atomic E-state index is 1.16. The summed E-state index contributed by atoms with van der Waals surface area (Å²) < 4.78 is 0. The molecule has 0 radical (unpaired) electrons. The zero-order chi connectivity index (χ0) is 7.28. The Labute approximate surface area is 58.3 Å². The van der Waals surface area contributed by atoms with Crippen LogP contribution in [0.3, 0.4) is 0 Å². The average Bonchev–Trinajstić information content (AvgIpc) is 1.87.